The number of methoxy groups -OCH3 is 1. The van der Waals surface area contributed by atoms with Gasteiger partial charge in [0.2, 0.25) is 11.9 Å². The van der Waals surface area contributed by atoms with Crippen LogP contribution in [0.2, 0.25) is 0 Å². The molecule has 1 aliphatic rings. The van der Waals surface area contributed by atoms with Crippen molar-refractivity contribution in [3.8, 4) is 5.75 Å². The summed E-state index contributed by atoms with van der Waals surface area (Å²) in [5.41, 5.74) is 7.87. The predicted octanol–water partition coefficient (Wildman–Crippen LogP) is 3.15. The Kier molecular flexibility index (Phi) is 3.76. The molecular weight excluding hydrogens is 321 g/mol. The lowest BCUT2D eigenvalue weighted by molar-refractivity contribution is 0.411. The van der Waals surface area contributed by atoms with Crippen LogP contribution in [0, 0.1) is 5.82 Å². The van der Waals surface area contributed by atoms with Crippen molar-refractivity contribution in [2.75, 3.05) is 18.2 Å². The van der Waals surface area contributed by atoms with Crippen molar-refractivity contribution in [1.29, 1.82) is 0 Å². The predicted molar refractivity (Wildman–Crippen MR) is 92.9 cm³/mol. The number of hydrogen-bond donors (Lipinski definition) is 2. The molecule has 6 nitrogen and oxygen atoms in total. The molecule has 25 heavy (non-hydrogen) atoms. The molecule has 0 radical (unpaired) electrons. The maximum atomic E-state index is 13.2. The molecule has 0 saturated heterocycles. The standard InChI is InChI=1S/C18H18FN5O/c1-25-14-8-4-12(5-9-14)16-10-15(11-2-6-13(19)7-3-11)21-18-22-17(20)23-24(16)18/h2-9,15-16H,10H2,1H3,(H3,20,21,22,23)/t15-,16+/m0/s1. The highest BCUT2D eigenvalue weighted by Gasteiger charge is 2.30. The number of hydrogen-bond acceptors (Lipinski definition) is 5. The Hall–Kier alpha value is -3.09. The number of nitrogen functional groups attached to an aromatic ring is 1. The summed E-state index contributed by atoms with van der Waals surface area (Å²) in [4.78, 5) is 4.27. The molecular formula is C18H18FN5O. The van der Waals surface area contributed by atoms with Crippen LogP contribution in [0.3, 0.4) is 0 Å². The first kappa shape index (κ1) is 15.4. The maximum Gasteiger partial charge on any atom is 0.241 e. The second kappa shape index (κ2) is 6.08. The normalized spacial score (nSPS) is 19.1. The van der Waals surface area contributed by atoms with Gasteiger partial charge in [-0.15, -0.1) is 5.10 Å². The summed E-state index contributed by atoms with van der Waals surface area (Å²) >= 11 is 0. The Morgan fingerprint density at radius 3 is 2.48 bits per heavy atom. The lowest BCUT2D eigenvalue weighted by atomic mass is 9.93. The molecule has 0 saturated carbocycles. The summed E-state index contributed by atoms with van der Waals surface area (Å²) in [6.45, 7) is 0. The van der Waals surface area contributed by atoms with Gasteiger partial charge in [0.25, 0.3) is 0 Å². The summed E-state index contributed by atoms with van der Waals surface area (Å²) in [5.74, 6) is 1.38. The Bertz CT molecular complexity index is 875. The fourth-order valence-electron chi connectivity index (χ4n) is 3.21. The van der Waals surface area contributed by atoms with E-state index in [2.05, 4.69) is 15.4 Å². The van der Waals surface area contributed by atoms with E-state index in [0.717, 1.165) is 23.3 Å². The van der Waals surface area contributed by atoms with Gasteiger partial charge in [-0.1, -0.05) is 24.3 Å². The molecule has 1 aromatic heterocycles. The third kappa shape index (κ3) is 2.88. The first-order chi connectivity index (χ1) is 12.1. The number of halogens is 1. The van der Waals surface area contributed by atoms with Crippen LogP contribution in [-0.2, 0) is 0 Å². The summed E-state index contributed by atoms with van der Waals surface area (Å²) in [5, 5.41) is 7.66. The van der Waals surface area contributed by atoms with Gasteiger partial charge >= 0.3 is 0 Å². The lowest BCUT2D eigenvalue weighted by Gasteiger charge is -2.31. The number of fused-ring (bicyclic) bond motifs is 1. The highest BCUT2D eigenvalue weighted by Crippen LogP contribution is 2.38. The summed E-state index contributed by atoms with van der Waals surface area (Å²) in [6, 6.07) is 14.3. The molecule has 1 aliphatic heterocycles. The zero-order chi connectivity index (χ0) is 17.4. The van der Waals surface area contributed by atoms with Gasteiger partial charge in [0.1, 0.15) is 11.6 Å². The number of aromatic nitrogens is 3. The highest BCUT2D eigenvalue weighted by atomic mass is 19.1. The quantitative estimate of drug-likeness (QED) is 0.766. The molecule has 3 aromatic rings. The van der Waals surface area contributed by atoms with Crippen molar-refractivity contribution in [2.24, 2.45) is 0 Å². The van der Waals surface area contributed by atoms with Crippen molar-refractivity contribution in [1.82, 2.24) is 14.8 Å². The van der Waals surface area contributed by atoms with E-state index in [1.165, 1.54) is 12.1 Å². The third-order valence-corrected chi connectivity index (χ3v) is 4.48. The van der Waals surface area contributed by atoms with E-state index >= 15 is 0 Å². The minimum atomic E-state index is -0.251. The summed E-state index contributed by atoms with van der Waals surface area (Å²) in [7, 11) is 1.64. The monoisotopic (exact) mass is 339 g/mol. The van der Waals surface area contributed by atoms with Gasteiger partial charge in [0, 0.05) is 0 Å². The van der Waals surface area contributed by atoms with E-state index < -0.39 is 0 Å². The van der Waals surface area contributed by atoms with Gasteiger partial charge in [-0.05, 0) is 41.8 Å². The average Bonchev–Trinajstić information content (AvgIpc) is 3.01. The molecule has 0 spiro atoms. The minimum Gasteiger partial charge on any atom is -0.497 e. The second-order valence-electron chi connectivity index (χ2n) is 6.01. The molecule has 2 aromatic carbocycles. The van der Waals surface area contributed by atoms with Crippen LogP contribution in [-0.4, -0.2) is 21.9 Å². The third-order valence-electron chi connectivity index (χ3n) is 4.48. The van der Waals surface area contributed by atoms with Crippen LogP contribution in [0.25, 0.3) is 0 Å². The minimum absolute atomic E-state index is 0.0104. The Morgan fingerprint density at radius 1 is 1.12 bits per heavy atom. The van der Waals surface area contributed by atoms with Crippen LogP contribution in [0.1, 0.15) is 29.6 Å². The van der Waals surface area contributed by atoms with Crippen LogP contribution >= 0.6 is 0 Å². The van der Waals surface area contributed by atoms with E-state index in [9.17, 15) is 4.39 Å². The first-order valence-electron chi connectivity index (χ1n) is 8.02. The van der Waals surface area contributed by atoms with E-state index in [0.29, 0.717) is 5.95 Å². The van der Waals surface area contributed by atoms with Gasteiger partial charge in [0.05, 0.1) is 19.2 Å². The molecule has 2 heterocycles. The van der Waals surface area contributed by atoms with Crippen molar-refractivity contribution < 1.29 is 9.13 Å². The number of nitrogens with zero attached hydrogens (tertiary/aromatic N) is 3. The fraction of sp³-hybridized carbons (Fsp3) is 0.222. The van der Waals surface area contributed by atoms with E-state index in [-0.39, 0.29) is 23.8 Å². The van der Waals surface area contributed by atoms with Gasteiger partial charge in [-0.2, -0.15) is 4.98 Å². The van der Waals surface area contributed by atoms with Crippen LogP contribution in [0.5, 0.6) is 5.75 Å². The van der Waals surface area contributed by atoms with E-state index in [4.69, 9.17) is 10.5 Å². The molecule has 0 amide bonds. The number of nitrogens with two attached hydrogens (primary N) is 1. The molecule has 0 aliphatic carbocycles. The number of nitrogens with one attached hydrogen (secondary N) is 1. The number of benzene rings is 2. The molecule has 0 bridgehead atoms. The summed E-state index contributed by atoms with van der Waals surface area (Å²) < 4.78 is 20.3. The van der Waals surface area contributed by atoms with Gasteiger partial charge in [0.15, 0.2) is 0 Å². The zero-order valence-corrected chi connectivity index (χ0v) is 13.7. The van der Waals surface area contributed by atoms with Gasteiger partial charge in [-0.3, -0.25) is 0 Å². The Balaban J connectivity index is 1.72. The summed E-state index contributed by atoms with van der Waals surface area (Å²) in [6.07, 6.45) is 0.744. The molecule has 3 N–H and O–H groups in total. The van der Waals surface area contributed by atoms with Gasteiger partial charge < -0.3 is 15.8 Å². The lowest BCUT2D eigenvalue weighted by Crippen LogP contribution is -2.28. The van der Waals surface area contributed by atoms with Crippen molar-refractivity contribution in [3.05, 3.63) is 65.5 Å². The van der Waals surface area contributed by atoms with Crippen molar-refractivity contribution in [3.63, 3.8) is 0 Å². The van der Waals surface area contributed by atoms with Crippen LogP contribution in [0.15, 0.2) is 48.5 Å². The number of anilines is 2. The maximum absolute atomic E-state index is 13.2. The Labute approximate surface area is 144 Å². The number of ether oxygens (including phenoxy) is 1. The second-order valence-corrected chi connectivity index (χ2v) is 6.01. The molecule has 2 atom stereocenters. The largest absolute Gasteiger partial charge is 0.497 e. The first-order valence-corrected chi connectivity index (χ1v) is 8.02. The topological polar surface area (TPSA) is 78.0 Å². The fourth-order valence-corrected chi connectivity index (χ4v) is 3.21. The van der Waals surface area contributed by atoms with Crippen molar-refractivity contribution >= 4 is 11.9 Å². The number of rotatable bonds is 3. The van der Waals surface area contributed by atoms with Crippen molar-refractivity contribution in [2.45, 2.75) is 18.5 Å². The van der Waals surface area contributed by atoms with Crippen LogP contribution in [0.4, 0.5) is 16.3 Å². The smallest absolute Gasteiger partial charge is 0.241 e. The average molecular weight is 339 g/mol. The van der Waals surface area contributed by atoms with E-state index in [1.54, 1.807) is 23.9 Å². The molecule has 128 valence electrons. The highest BCUT2D eigenvalue weighted by molar-refractivity contribution is 5.42. The molecule has 0 fully saturated rings. The molecule has 0 unspecified atom stereocenters. The molecule has 4 rings (SSSR count). The van der Waals surface area contributed by atoms with Crippen LogP contribution < -0.4 is 15.8 Å². The zero-order valence-electron chi connectivity index (χ0n) is 13.7. The Morgan fingerprint density at radius 2 is 1.80 bits per heavy atom. The van der Waals surface area contributed by atoms with Gasteiger partial charge in [-0.25, -0.2) is 9.07 Å². The molecule has 7 heteroatoms. The SMILES string of the molecule is COc1ccc([C@H]2C[C@@H](c3ccc(F)cc3)Nc3nc(N)nn32)cc1. The van der Waals surface area contributed by atoms with E-state index in [1.807, 2.05) is 24.3 Å².